The highest BCUT2D eigenvalue weighted by molar-refractivity contribution is 7.11. The molecule has 1 N–H and O–H groups in total. The van der Waals surface area contributed by atoms with Gasteiger partial charge in [-0.2, -0.15) is 0 Å². The van der Waals surface area contributed by atoms with Gasteiger partial charge in [-0.25, -0.2) is 4.98 Å². The average Bonchev–Trinajstić information content (AvgIpc) is 3.05. The first kappa shape index (κ1) is 16.8. The highest BCUT2D eigenvalue weighted by Crippen LogP contribution is 2.27. The fraction of sp³-hybridized carbons (Fsp3) is 0.111. The molecule has 0 aliphatic heterocycles. The number of aromatic nitrogens is 1. The van der Waals surface area contributed by atoms with E-state index in [1.807, 2.05) is 13.0 Å². The molecule has 0 fully saturated rings. The number of carbonyl (C=O) groups excluding carboxylic acids is 1. The number of nitrogens with one attached hydrogen (secondary N) is 1. The number of carbonyl (C=O) groups is 1. The van der Waals surface area contributed by atoms with E-state index in [0.29, 0.717) is 17.8 Å². The van der Waals surface area contributed by atoms with Crippen molar-refractivity contribution in [1.82, 2.24) is 4.98 Å². The maximum atomic E-state index is 12.5. The maximum absolute atomic E-state index is 12.5. The quantitative estimate of drug-likeness (QED) is 0.408. The summed E-state index contributed by atoms with van der Waals surface area (Å²) in [6.45, 7) is 2.35. The van der Waals surface area contributed by atoms with Crippen molar-refractivity contribution in [2.24, 2.45) is 0 Å². The minimum atomic E-state index is -0.484. The Bertz CT molecular complexity index is 922. The summed E-state index contributed by atoms with van der Waals surface area (Å²) in [5, 5.41) is 15.4. The number of nitro benzene ring substituents is 1. The van der Waals surface area contributed by atoms with Crippen molar-refractivity contribution < 1.29 is 9.72 Å². The Kier molecular flexibility index (Phi) is 4.85. The number of ketones is 1. The third-order valence-corrected chi connectivity index (χ3v) is 4.53. The third-order valence-electron chi connectivity index (χ3n) is 3.61. The smallest absolute Gasteiger partial charge is 0.293 e. The standard InChI is InChI=1S/C18H15N3O3S/c1-12-19-10-15(25-12)11-20-16-8-7-14(9-17(16)21(23)24)18(22)13-5-3-2-4-6-13/h2-10,20H,11H2,1H3. The number of aryl methyl sites for hydroxylation is 1. The van der Waals surface area contributed by atoms with Gasteiger partial charge in [0.15, 0.2) is 5.78 Å². The molecule has 0 radical (unpaired) electrons. The van der Waals surface area contributed by atoms with E-state index in [2.05, 4.69) is 10.3 Å². The van der Waals surface area contributed by atoms with Crippen LogP contribution in [0.1, 0.15) is 25.8 Å². The Morgan fingerprint density at radius 3 is 2.60 bits per heavy atom. The molecule has 0 unspecified atom stereocenters. The Morgan fingerprint density at radius 1 is 1.20 bits per heavy atom. The molecule has 126 valence electrons. The summed E-state index contributed by atoms with van der Waals surface area (Å²) < 4.78 is 0. The first-order valence-corrected chi connectivity index (χ1v) is 8.39. The molecule has 0 bridgehead atoms. The number of hydrogen-bond donors (Lipinski definition) is 1. The lowest BCUT2D eigenvalue weighted by Crippen LogP contribution is -2.05. The summed E-state index contributed by atoms with van der Waals surface area (Å²) >= 11 is 1.53. The highest BCUT2D eigenvalue weighted by atomic mass is 32.1. The van der Waals surface area contributed by atoms with Crippen LogP contribution in [-0.4, -0.2) is 15.7 Å². The van der Waals surface area contributed by atoms with Crippen LogP contribution in [0.25, 0.3) is 0 Å². The van der Waals surface area contributed by atoms with E-state index in [9.17, 15) is 14.9 Å². The van der Waals surface area contributed by atoms with Crippen LogP contribution >= 0.6 is 11.3 Å². The van der Waals surface area contributed by atoms with Crippen molar-refractivity contribution in [3.8, 4) is 0 Å². The largest absolute Gasteiger partial charge is 0.375 e. The molecule has 0 saturated heterocycles. The fourth-order valence-electron chi connectivity index (χ4n) is 2.40. The SMILES string of the molecule is Cc1ncc(CNc2ccc(C(=O)c3ccccc3)cc2[N+](=O)[O-])s1. The van der Waals surface area contributed by atoms with Gasteiger partial charge in [-0.15, -0.1) is 11.3 Å². The van der Waals surface area contributed by atoms with Crippen molar-refractivity contribution >= 4 is 28.5 Å². The van der Waals surface area contributed by atoms with Crippen LogP contribution in [0.2, 0.25) is 0 Å². The van der Waals surface area contributed by atoms with Crippen LogP contribution in [0.3, 0.4) is 0 Å². The van der Waals surface area contributed by atoms with Gasteiger partial charge in [-0.3, -0.25) is 14.9 Å². The van der Waals surface area contributed by atoms with Crippen molar-refractivity contribution in [3.63, 3.8) is 0 Å². The van der Waals surface area contributed by atoms with Gasteiger partial charge >= 0.3 is 0 Å². The van der Waals surface area contributed by atoms with Crippen molar-refractivity contribution in [2.75, 3.05) is 5.32 Å². The summed E-state index contributed by atoms with van der Waals surface area (Å²) in [6.07, 6.45) is 1.74. The van der Waals surface area contributed by atoms with Crippen LogP contribution in [0.5, 0.6) is 0 Å². The third kappa shape index (κ3) is 3.89. The number of thiazole rings is 1. The highest BCUT2D eigenvalue weighted by Gasteiger charge is 2.18. The molecule has 1 aromatic heterocycles. The normalized spacial score (nSPS) is 10.4. The van der Waals surface area contributed by atoms with Crippen LogP contribution < -0.4 is 5.32 Å². The fourth-order valence-corrected chi connectivity index (χ4v) is 3.13. The second kappa shape index (κ2) is 7.23. The van der Waals surface area contributed by atoms with Crippen LogP contribution in [0.15, 0.2) is 54.7 Å². The van der Waals surface area contributed by atoms with E-state index in [1.54, 1.807) is 42.6 Å². The molecule has 0 amide bonds. The minimum absolute atomic E-state index is 0.122. The molecule has 3 rings (SSSR count). The number of hydrogen-bond acceptors (Lipinski definition) is 6. The topological polar surface area (TPSA) is 85.1 Å². The number of nitro groups is 1. The van der Waals surface area contributed by atoms with Crippen LogP contribution in [0.4, 0.5) is 11.4 Å². The number of nitrogens with zero attached hydrogens (tertiary/aromatic N) is 2. The summed E-state index contributed by atoms with van der Waals surface area (Å²) in [5.41, 5.74) is 1.04. The van der Waals surface area contributed by atoms with Gasteiger partial charge < -0.3 is 5.32 Å². The molecular weight excluding hydrogens is 338 g/mol. The Hall–Kier alpha value is -3.06. The number of rotatable bonds is 6. The number of anilines is 1. The van der Waals surface area contributed by atoms with Gasteiger partial charge in [0.2, 0.25) is 0 Å². The van der Waals surface area contributed by atoms with Gasteiger partial charge in [-0.1, -0.05) is 30.3 Å². The lowest BCUT2D eigenvalue weighted by atomic mass is 10.0. The average molecular weight is 353 g/mol. The predicted molar refractivity (Wildman–Crippen MR) is 97.1 cm³/mol. The first-order chi connectivity index (χ1) is 12.0. The van der Waals surface area contributed by atoms with E-state index < -0.39 is 4.92 Å². The van der Waals surface area contributed by atoms with Crippen molar-refractivity contribution in [2.45, 2.75) is 13.5 Å². The molecule has 0 spiro atoms. The zero-order valence-electron chi connectivity index (χ0n) is 13.4. The van der Waals surface area contributed by atoms with Crippen molar-refractivity contribution in [3.05, 3.63) is 85.9 Å². The van der Waals surface area contributed by atoms with E-state index in [4.69, 9.17) is 0 Å². The van der Waals surface area contributed by atoms with Gasteiger partial charge in [0.1, 0.15) is 5.69 Å². The minimum Gasteiger partial charge on any atom is -0.375 e. The molecule has 0 atom stereocenters. The molecule has 2 aromatic carbocycles. The maximum Gasteiger partial charge on any atom is 0.293 e. The molecule has 7 heteroatoms. The van der Waals surface area contributed by atoms with E-state index in [0.717, 1.165) is 9.88 Å². The molecule has 3 aromatic rings. The molecule has 0 aliphatic rings. The Labute approximate surface area is 148 Å². The van der Waals surface area contributed by atoms with Gasteiger partial charge in [0, 0.05) is 28.3 Å². The number of benzene rings is 2. The van der Waals surface area contributed by atoms with Crippen LogP contribution in [-0.2, 0) is 6.54 Å². The molecule has 0 aliphatic carbocycles. The second-order valence-corrected chi connectivity index (χ2v) is 6.70. The first-order valence-electron chi connectivity index (χ1n) is 7.58. The van der Waals surface area contributed by atoms with Crippen molar-refractivity contribution in [1.29, 1.82) is 0 Å². The lowest BCUT2D eigenvalue weighted by molar-refractivity contribution is -0.384. The van der Waals surface area contributed by atoms with Crippen LogP contribution in [0, 0.1) is 17.0 Å². The molecule has 6 nitrogen and oxygen atoms in total. The van der Waals surface area contributed by atoms with E-state index in [-0.39, 0.29) is 17.0 Å². The Morgan fingerprint density at radius 2 is 1.96 bits per heavy atom. The van der Waals surface area contributed by atoms with E-state index in [1.165, 1.54) is 17.4 Å². The van der Waals surface area contributed by atoms with Gasteiger partial charge in [0.05, 0.1) is 16.5 Å². The Balaban J connectivity index is 1.85. The predicted octanol–water partition coefficient (Wildman–Crippen LogP) is 4.20. The molecule has 1 heterocycles. The monoisotopic (exact) mass is 353 g/mol. The summed E-state index contributed by atoms with van der Waals surface area (Å²) in [4.78, 5) is 28.5. The summed E-state index contributed by atoms with van der Waals surface area (Å²) in [5.74, 6) is -0.242. The lowest BCUT2D eigenvalue weighted by Gasteiger charge is -2.08. The van der Waals surface area contributed by atoms with Gasteiger partial charge in [-0.05, 0) is 19.1 Å². The van der Waals surface area contributed by atoms with E-state index >= 15 is 0 Å². The molecule has 25 heavy (non-hydrogen) atoms. The summed E-state index contributed by atoms with van der Waals surface area (Å²) in [6, 6.07) is 13.2. The molecular formula is C18H15N3O3S. The second-order valence-electron chi connectivity index (χ2n) is 5.38. The zero-order chi connectivity index (χ0) is 17.8. The zero-order valence-corrected chi connectivity index (χ0v) is 14.2. The molecule has 0 saturated carbocycles. The summed E-state index contributed by atoms with van der Waals surface area (Å²) in [7, 11) is 0. The van der Waals surface area contributed by atoms with Gasteiger partial charge in [0.25, 0.3) is 5.69 Å².